The van der Waals surface area contributed by atoms with E-state index in [1.807, 2.05) is 20.8 Å². The number of carboxylic acids is 1. The molecule has 1 aromatic heterocycles. The Bertz CT molecular complexity index is 1890. The van der Waals surface area contributed by atoms with E-state index in [-0.39, 0.29) is 70.6 Å². The number of hydrogen-bond acceptors (Lipinski definition) is 7. The SMILES string of the molecule is CC(C)C1=C2C3CCC4C(C)(CCC5C(C)C(OC(=O)C6CC(C(=O)O)C6C)CCC54C)C3CCC2(NC(=O)C(C)(C)NC(=O)c2cc(C(F)(F)F)n[nH]2)CC1=O. The lowest BCUT2D eigenvalue weighted by Gasteiger charge is -2.67. The quantitative estimate of drug-likeness (QED) is 0.199. The third-order valence-electron chi connectivity index (χ3n) is 16.2. The Morgan fingerprint density at radius 3 is 2.21 bits per heavy atom. The van der Waals surface area contributed by atoms with E-state index in [0.29, 0.717) is 30.7 Å². The minimum atomic E-state index is -4.74. The lowest BCUT2D eigenvalue weighted by atomic mass is 9.38. The highest BCUT2D eigenvalue weighted by Crippen LogP contribution is 2.70. The second kappa shape index (κ2) is 14.0. The van der Waals surface area contributed by atoms with Crippen molar-refractivity contribution >= 4 is 29.5 Å². The molecule has 7 rings (SSSR count). The Morgan fingerprint density at radius 2 is 1.60 bits per heavy atom. The summed E-state index contributed by atoms with van der Waals surface area (Å²) in [5.41, 5.74) is -2.28. The van der Waals surface area contributed by atoms with Crippen molar-refractivity contribution in [3.05, 3.63) is 28.6 Å². The fourth-order valence-electron chi connectivity index (χ4n) is 13.2. The van der Waals surface area contributed by atoms with Crippen LogP contribution in [0.25, 0.3) is 0 Å². The molecule has 1 aromatic rings. The minimum absolute atomic E-state index is 0.0197. The van der Waals surface area contributed by atoms with E-state index in [1.54, 1.807) is 0 Å². The number of ether oxygens (including phenoxy) is 1. The maximum atomic E-state index is 14.2. The normalized spacial score (nSPS) is 38.9. The highest BCUT2D eigenvalue weighted by Gasteiger charge is 2.65. The van der Waals surface area contributed by atoms with Gasteiger partial charge in [0, 0.05) is 12.5 Å². The van der Waals surface area contributed by atoms with Crippen molar-refractivity contribution in [3.8, 4) is 0 Å². The zero-order valence-electron chi connectivity index (χ0n) is 34.4. The third kappa shape index (κ3) is 6.62. The van der Waals surface area contributed by atoms with Crippen molar-refractivity contribution in [2.45, 2.75) is 143 Å². The van der Waals surface area contributed by atoms with E-state index in [0.717, 1.165) is 56.1 Å². The molecule has 1 heterocycles. The Morgan fingerprint density at radius 1 is 0.947 bits per heavy atom. The average molecular weight is 801 g/mol. The van der Waals surface area contributed by atoms with Gasteiger partial charge in [-0.2, -0.15) is 18.3 Å². The largest absolute Gasteiger partial charge is 0.481 e. The molecule has 11 nitrogen and oxygen atoms in total. The van der Waals surface area contributed by atoms with Crippen LogP contribution in [0.4, 0.5) is 13.2 Å². The van der Waals surface area contributed by atoms with Crippen molar-refractivity contribution in [2.24, 2.45) is 64.1 Å². The lowest BCUT2D eigenvalue weighted by Crippen LogP contribution is -2.65. The van der Waals surface area contributed by atoms with Crippen LogP contribution in [0.5, 0.6) is 0 Å². The molecule has 314 valence electrons. The van der Waals surface area contributed by atoms with Crippen molar-refractivity contribution in [2.75, 3.05) is 0 Å². The summed E-state index contributed by atoms with van der Waals surface area (Å²) in [5, 5.41) is 20.6. The van der Waals surface area contributed by atoms with Crippen molar-refractivity contribution in [1.29, 1.82) is 0 Å². The first kappa shape index (κ1) is 41.4. The van der Waals surface area contributed by atoms with Crippen molar-refractivity contribution in [1.82, 2.24) is 20.8 Å². The van der Waals surface area contributed by atoms with Gasteiger partial charge >= 0.3 is 18.1 Å². The van der Waals surface area contributed by atoms with Gasteiger partial charge in [0.1, 0.15) is 17.3 Å². The summed E-state index contributed by atoms with van der Waals surface area (Å²) < 4.78 is 45.7. The number of fused-ring (bicyclic) bond motifs is 7. The Hall–Kier alpha value is -3.71. The summed E-state index contributed by atoms with van der Waals surface area (Å²) in [4.78, 5) is 65.9. The second-order valence-electron chi connectivity index (χ2n) is 19.9. The molecule has 12 atom stereocenters. The number of H-pyrrole nitrogens is 1. The fourth-order valence-corrected chi connectivity index (χ4v) is 13.2. The highest BCUT2D eigenvalue weighted by molar-refractivity contribution is 6.03. The molecule has 14 heteroatoms. The first-order valence-corrected chi connectivity index (χ1v) is 20.9. The monoisotopic (exact) mass is 800 g/mol. The number of alkyl halides is 3. The summed E-state index contributed by atoms with van der Waals surface area (Å²) in [5.74, 6) is -2.34. The molecule has 0 radical (unpaired) electrons. The van der Waals surface area contributed by atoms with Gasteiger partial charge in [-0.3, -0.25) is 29.1 Å². The van der Waals surface area contributed by atoms with Crippen LogP contribution in [-0.4, -0.2) is 62.0 Å². The van der Waals surface area contributed by atoms with Gasteiger partial charge in [0.05, 0.1) is 17.4 Å². The number of hydrogen-bond donors (Lipinski definition) is 4. The van der Waals surface area contributed by atoms with Gasteiger partial charge in [-0.1, -0.05) is 41.5 Å². The van der Waals surface area contributed by atoms with Crippen LogP contribution in [0.1, 0.15) is 136 Å². The molecule has 0 aliphatic heterocycles. The molecule has 57 heavy (non-hydrogen) atoms. The van der Waals surface area contributed by atoms with E-state index < -0.39 is 52.3 Å². The summed E-state index contributed by atoms with van der Waals surface area (Å²) in [6.07, 6.45) is 2.47. The number of aromatic amines is 1. The Labute approximate surface area is 332 Å². The van der Waals surface area contributed by atoms with Crippen LogP contribution in [0, 0.1) is 64.1 Å². The predicted molar refractivity (Wildman–Crippen MR) is 202 cm³/mol. The number of aromatic nitrogens is 2. The molecular formula is C43H59F3N4O7. The van der Waals surface area contributed by atoms with Crippen LogP contribution < -0.4 is 10.6 Å². The molecule has 12 unspecified atom stereocenters. The smallest absolute Gasteiger partial charge is 0.435 e. The topological polar surface area (TPSA) is 168 Å². The number of ketones is 1. The number of aliphatic carboxylic acids is 1. The number of nitrogens with zero attached hydrogens (tertiary/aromatic N) is 1. The van der Waals surface area contributed by atoms with Gasteiger partial charge in [-0.15, -0.1) is 0 Å². The summed E-state index contributed by atoms with van der Waals surface area (Å²) in [6.45, 7) is 16.0. The molecule has 6 aliphatic rings. The molecule has 5 saturated carbocycles. The molecule has 0 saturated heterocycles. The van der Waals surface area contributed by atoms with Crippen LogP contribution in [0.2, 0.25) is 0 Å². The van der Waals surface area contributed by atoms with E-state index in [4.69, 9.17) is 4.74 Å². The summed E-state index contributed by atoms with van der Waals surface area (Å²) in [7, 11) is 0. The second-order valence-corrected chi connectivity index (χ2v) is 19.9. The number of allylic oxidation sites excluding steroid dienone is 1. The Kier molecular flexibility index (Phi) is 10.1. The van der Waals surface area contributed by atoms with Crippen molar-refractivity contribution in [3.63, 3.8) is 0 Å². The molecule has 6 aliphatic carbocycles. The standard InChI is InChI=1S/C43H59F3N4O7/c1-20(2)33-29(51)19-42(48-38(56)39(5,6)47-35(52)28-18-32(50-49-28)43(44,45)46)16-12-27-23(34(33)42)9-10-31-40(7)15-13-30(22(4)26(40)11-14-41(27,31)8)57-37(55)25-17-24(21(25)3)36(53)54/h18,20-27,30-31H,9-17,19H2,1-8H3,(H,47,52)(H,48,56)(H,49,50)(H,53,54). The fraction of sp³-hybridized carbons (Fsp3) is 0.767. The van der Waals surface area contributed by atoms with E-state index >= 15 is 0 Å². The number of Topliss-reactive ketones (excluding diaryl/α,β-unsaturated/α-hetero) is 1. The van der Waals surface area contributed by atoms with Crippen LogP contribution in [-0.2, 0) is 30.1 Å². The summed E-state index contributed by atoms with van der Waals surface area (Å²) >= 11 is 0. The first-order valence-electron chi connectivity index (χ1n) is 20.9. The van der Waals surface area contributed by atoms with E-state index in [2.05, 4.69) is 41.6 Å². The number of esters is 1. The molecular weight excluding hydrogens is 741 g/mol. The molecule has 0 spiro atoms. The Balaban J connectivity index is 1.09. The van der Waals surface area contributed by atoms with Gasteiger partial charge in [-0.05, 0) is 135 Å². The maximum absolute atomic E-state index is 14.2. The molecule has 0 bridgehead atoms. The predicted octanol–water partition coefficient (Wildman–Crippen LogP) is 7.27. The molecule has 2 amide bonds. The van der Waals surface area contributed by atoms with Gasteiger partial charge in [0.2, 0.25) is 5.91 Å². The number of amides is 2. The van der Waals surface area contributed by atoms with Gasteiger partial charge in [-0.25, -0.2) is 0 Å². The molecule has 0 aromatic carbocycles. The van der Waals surface area contributed by atoms with Crippen LogP contribution in [0.3, 0.4) is 0 Å². The number of carbonyl (C=O) groups excluding carboxylic acids is 4. The number of carbonyl (C=O) groups is 5. The third-order valence-corrected chi connectivity index (χ3v) is 16.2. The zero-order valence-corrected chi connectivity index (χ0v) is 34.4. The lowest BCUT2D eigenvalue weighted by molar-refractivity contribution is -0.196. The number of rotatable bonds is 8. The van der Waals surface area contributed by atoms with Crippen molar-refractivity contribution < 1.29 is 47.0 Å². The van der Waals surface area contributed by atoms with E-state index in [1.165, 1.54) is 13.8 Å². The number of nitrogens with one attached hydrogen (secondary N) is 3. The molecule has 4 N–H and O–H groups in total. The van der Waals surface area contributed by atoms with Gasteiger partial charge in [0.25, 0.3) is 5.91 Å². The first-order chi connectivity index (χ1) is 26.4. The van der Waals surface area contributed by atoms with Crippen LogP contribution >= 0.6 is 0 Å². The number of halogens is 3. The van der Waals surface area contributed by atoms with Crippen LogP contribution in [0.15, 0.2) is 17.2 Å². The summed E-state index contributed by atoms with van der Waals surface area (Å²) in [6, 6.07) is 0.607. The highest BCUT2D eigenvalue weighted by atomic mass is 19.4. The number of carboxylic acid groups (broad SMARTS) is 1. The average Bonchev–Trinajstić information content (AvgIpc) is 3.72. The van der Waals surface area contributed by atoms with E-state index in [9.17, 15) is 42.3 Å². The van der Waals surface area contributed by atoms with Gasteiger partial charge in [0.15, 0.2) is 11.5 Å². The van der Waals surface area contributed by atoms with Gasteiger partial charge < -0.3 is 20.5 Å². The zero-order chi connectivity index (χ0) is 41.8. The maximum Gasteiger partial charge on any atom is 0.435 e. The molecule has 5 fully saturated rings. The minimum Gasteiger partial charge on any atom is -0.481 e.